The standard InChI is InChI=1S/C34H42N2/c1-25-14-10-13-21-33(25)27(3)36(32-19-8-5-9-20-32)34(29-16-6-4-7-17-29)26(2)35-31-23-22-28-15-11-12-18-30(28)24-31/h10-15,18,21-24,29,32,34-35H,2-9,16-17,19-20H2,1H3. The van der Waals surface area contributed by atoms with Gasteiger partial charge in [-0.15, -0.1) is 0 Å². The van der Waals surface area contributed by atoms with Crippen molar-refractivity contribution in [2.24, 2.45) is 5.92 Å². The quantitative estimate of drug-likeness (QED) is 0.347. The Labute approximate surface area is 218 Å². The summed E-state index contributed by atoms with van der Waals surface area (Å²) in [5.74, 6) is 0.599. The van der Waals surface area contributed by atoms with Crippen LogP contribution in [0, 0.1) is 12.8 Å². The van der Waals surface area contributed by atoms with Crippen molar-refractivity contribution < 1.29 is 0 Å². The van der Waals surface area contributed by atoms with E-state index < -0.39 is 0 Å². The van der Waals surface area contributed by atoms with E-state index in [0.717, 1.165) is 11.4 Å². The van der Waals surface area contributed by atoms with Gasteiger partial charge >= 0.3 is 0 Å². The highest BCUT2D eigenvalue weighted by atomic mass is 15.2. The third kappa shape index (κ3) is 5.38. The van der Waals surface area contributed by atoms with E-state index >= 15 is 0 Å². The van der Waals surface area contributed by atoms with Crippen molar-refractivity contribution in [2.75, 3.05) is 5.32 Å². The fourth-order valence-electron chi connectivity index (χ4n) is 6.67. The molecule has 1 unspecified atom stereocenters. The van der Waals surface area contributed by atoms with E-state index in [9.17, 15) is 0 Å². The summed E-state index contributed by atoms with van der Waals surface area (Å²) in [6.07, 6.45) is 13.0. The molecule has 0 heterocycles. The SMILES string of the molecule is C=C(Nc1ccc2ccccc2c1)C(C1CCCCC1)N(C(=C)c1ccccc1C)C1CCCCC1. The van der Waals surface area contributed by atoms with E-state index in [4.69, 9.17) is 13.2 Å². The Balaban J connectivity index is 1.51. The van der Waals surface area contributed by atoms with E-state index in [0.29, 0.717) is 12.0 Å². The highest BCUT2D eigenvalue weighted by Gasteiger charge is 2.36. The summed E-state index contributed by atoms with van der Waals surface area (Å²) in [4.78, 5) is 2.72. The van der Waals surface area contributed by atoms with Gasteiger partial charge in [-0.1, -0.05) is 106 Å². The molecular weight excluding hydrogens is 436 g/mol. The molecule has 2 aliphatic rings. The fourth-order valence-corrected chi connectivity index (χ4v) is 6.67. The second kappa shape index (κ2) is 11.4. The second-order valence-electron chi connectivity index (χ2n) is 11.0. The summed E-state index contributed by atoms with van der Waals surface area (Å²) in [6, 6.07) is 24.8. The molecule has 2 heteroatoms. The highest BCUT2D eigenvalue weighted by molar-refractivity contribution is 5.86. The molecule has 188 valence electrons. The maximum Gasteiger partial charge on any atom is 0.0716 e. The first-order valence-corrected chi connectivity index (χ1v) is 14.1. The van der Waals surface area contributed by atoms with Crippen molar-refractivity contribution in [3.8, 4) is 0 Å². The number of rotatable bonds is 8. The molecule has 5 rings (SSSR count). The van der Waals surface area contributed by atoms with Gasteiger partial charge < -0.3 is 10.2 Å². The summed E-state index contributed by atoms with van der Waals surface area (Å²) < 4.78 is 0. The molecule has 3 aromatic carbocycles. The summed E-state index contributed by atoms with van der Waals surface area (Å²) in [6.45, 7) is 11.7. The van der Waals surface area contributed by atoms with E-state index in [2.05, 4.69) is 83.9 Å². The highest BCUT2D eigenvalue weighted by Crippen LogP contribution is 2.40. The molecule has 0 radical (unpaired) electrons. The van der Waals surface area contributed by atoms with Gasteiger partial charge in [0.2, 0.25) is 0 Å². The lowest BCUT2D eigenvalue weighted by Crippen LogP contribution is -2.49. The molecule has 1 atom stereocenters. The average Bonchev–Trinajstić information content (AvgIpc) is 2.92. The number of nitrogens with zero attached hydrogens (tertiary/aromatic N) is 1. The number of hydrogen-bond donors (Lipinski definition) is 1. The molecule has 0 saturated heterocycles. The van der Waals surface area contributed by atoms with E-state index in [1.807, 2.05) is 0 Å². The van der Waals surface area contributed by atoms with Gasteiger partial charge in [-0.3, -0.25) is 0 Å². The summed E-state index contributed by atoms with van der Waals surface area (Å²) in [7, 11) is 0. The van der Waals surface area contributed by atoms with Crippen molar-refractivity contribution in [1.29, 1.82) is 0 Å². The van der Waals surface area contributed by atoms with Gasteiger partial charge in [-0.05, 0) is 67.0 Å². The van der Waals surface area contributed by atoms with Crippen LogP contribution >= 0.6 is 0 Å². The van der Waals surface area contributed by atoms with Crippen molar-refractivity contribution in [3.05, 3.63) is 96.7 Å². The van der Waals surface area contributed by atoms with Gasteiger partial charge in [0.15, 0.2) is 0 Å². The Morgan fingerprint density at radius 2 is 1.42 bits per heavy atom. The normalized spacial score (nSPS) is 18.0. The van der Waals surface area contributed by atoms with Crippen LogP contribution in [0.2, 0.25) is 0 Å². The van der Waals surface area contributed by atoms with Crippen LogP contribution in [0.3, 0.4) is 0 Å². The first-order chi connectivity index (χ1) is 17.6. The number of benzene rings is 3. The number of fused-ring (bicyclic) bond motifs is 1. The molecule has 2 saturated carbocycles. The first-order valence-electron chi connectivity index (χ1n) is 14.1. The van der Waals surface area contributed by atoms with Gasteiger partial charge in [-0.25, -0.2) is 0 Å². The lowest BCUT2D eigenvalue weighted by Gasteiger charge is -2.47. The van der Waals surface area contributed by atoms with Gasteiger partial charge in [-0.2, -0.15) is 0 Å². The summed E-state index contributed by atoms with van der Waals surface area (Å²) in [5.41, 5.74) is 6.01. The predicted molar refractivity (Wildman–Crippen MR) is 156 cm³/mol. The Morgan fingerprint density at radius 1 is 0.778 bits per heavy atom. The van der Waals surface area contributed by atoms with Crippen LogP contribution in [0.15, 0.2) is 85.6 Å². The van der Waals surface area contributed by atoms with Crippen LogP contribution in [0.5, 0.6) is 0 Å². The molecule has 0 aliphatic heterocycles. The van der Waals surface area contributed by atoms with Crippen LogP contribution in [-0.2, 0) is 0 Å². The predicted octanol–water partition coefficient (Wildman–Crippen LogP) is 9.33. The zero-order valence-corrected chi connectivity index (χ0v) is 22.0. The fraction of sp³-hybridized carbons (Fsp3) is 0.412. The summed E-state index contributed by atoms with van der Waals surface area (Å²) >= 11 is 0. The average molecular weight is 479 g/mol. The third-order valence-corrected chi connectivity index (χ3v) is 8.54. The maximum atomic E-state index is 4.76. The third-order valence-electron chi connectivity index (χ3n) is 8.54. The molecule has 0 aromatic heterocycles. The Hall–Kier alpha value is -3.00. The molecule has 1 N–H and O–H groups in total. The minimum absolute atomic E-state index is 0.243. The Kier molecular flexibility index (Phi) is 7.80. The number of nitrogens with one attached hydrogen (secondary N) is 1. The zero-order valence-electron chi connectivity index (χ0n) is 22.0. The number of anilines is 1. The molecular formula is C34H42N2. The van der Waals surface area contributed by atoms with Crippen LogP contribution < -0.4 is 5.32 Å². The lowest BCUT2D eigenvalue weighted by molar-refractivity contribution is 0.135. The van der Waals surface area contributed by atoms with Gasteiger partial charge in [0.1, 0.15) is 0 Å². The molecule has 0 bridgehead atoms. The molecule has 0 amide bonds. The van der Waals surface area contributed by atoms with Gasteiger partial charge in [0.05, 0.1) is 6.04 Å². The molecule has 2 aliphatic carbocycles. The molecule has 3 aromatic rings. The van der Waals surface area contributed by atoms with Gasteiger partial charge in [0, 0.05) is 28.7 Å². The maximum absolute atomic E-state index is 4.76. The number of hydrogen-bond acceptors (Lipinski definition) is 2. The zero-order chi connectivity index (χ0) is 24.9. The second-order valence-corrected chi connectivity index (χ2v) is 11.0. The van der Waals surface area contributed by atoms with Crippen molar-refractivity contribution >= 4 is 22.2 Å². The number of aryl methyl sites for hydroxylation is 1. The van der Waals surface area contributed by atoms with Crippen LogP contribution in [-0.4, -0.2) is 17.0 Å². The van der Waals surface area contributed by atoms with Crippen LogP contribution in [0.4, 0.5) is 5.69 Å². The molecule has 2 fully saturated rings. The molecule has 2 nitrogen and oxygen atoms in total. The first kappa shape index (κ1) is 24.7. The Bertz CT molecular complexity index is 1200. The summed E-state index contributed by atoms with van der Waals surface area (Å²) in [5, 5.41) is 6.33. The van der Waals surface area contributed by atoms with Crippen molar-refractivity contribution in [2.45, 2.75) is 83.2 Å². The lowest BCUT2D eigenvalue weighted by atomic mass is 9.79. The van der Waals surface area contributed by atoms with Gasteiger partial charge in [0.25, 0.3) is 0 Å². The minimum atomic E-state index is 0.243. The minimum Gasteiger partial charge on any atom is -0.360 e. The van der Waals surface area contributed by atoms with E-state index in [-0.39, 0.29) is 6.04 Å². The largest absolute Gasteiger partial charge is 0.360 e. The molecule has 36 heavy (non-hydrogen) atoms. The topological polar surface area (TPSA) is 15.3 Å². The van der Waals surface area contributed by atoms with Crippen LogP contribution in [0.1, 0.15) is 75.3 Å². The van der Waals surface area contributed by atoms with Crippen LogP contribution in [0.25, 0.3) is 16.5 Å². The van der Waals surface area contributed by atoms with E-state index in [1.165, 1.54) is 91.8 Å². The van der Waals surface area contributed by atoms with Crippen molar-refractivity contribution in [1.82, 2.24) is 4.90 Å². The molecule has 0 spiro atoms. The van der Waals surface area contributed by atoms with E-state index in [1.54, 1.807) is 0 Å². The smallest absolute Gasteiger partial charge is 0.0716 e. The van der Waals surface area contributed by atoms with Crippen molar-refractivity contribution in [3.63, 3.8) is 0 Å². The monoisotopic (exact) mass is 478 g/mol. The Morgan fingerprint density at radius 3 is 2.14 bits per heavy atom.